The van der Waals surface area contributed by atoms with Crippen LogP contribution in [0.15, 0.2) is 88.9 Å². The van der Waals surface area contributed by atoms with Crippen molar-refractivity contribution in [2.24, 2.45) is 5.92 Å². The summed E-state index contributed by atoms with van der Waals surface area (Å²) in [7, 11) is 1.61. The van der Waals surface area contributed by atoms with E-state index < -0.39 is 6.04 Å². The molecule has 11 heteroatoms. The number of allylic oxidation sites excluding steroid dienone is 1. The summed E-state index contributed by atoms with van der Waals surface area (Å²) in [6, 6.07) is 18.1. The standard InChI is InChI=1S/C40H47N7O3S/c1-26(44-40(2,3)4)27-15-17-29(18-16-27)43-38(49)34-13-10-24-46(34)39(50)47-35-25-30(51-36-14-7-6-12-32(36)37(48)41-5)20-21-31(35)33(45-47)22-19-28-11-8-9-23-42-28/h6-9,11-12,14,19-23,25,27,29,34,44H,1,10,13,15-18,24H2,2-5H3,(H,41,48)(H,43,49)/b22-19+/t27?,29?,34-/m0/s1. The van der Waals surface area contributed by atoms with Crippen molar-refractivity contribution in [3.05, 3.63) is 96.1 Å². The van der Waals surface area contributed by atoms with Crippen LogP contribution in [0.4, 0.5) is 4.79 Å². The summed E-state index contributed by atoms with van der Waals surface area (Å²) in [5.41, 5.74) is 3.61. The van der Waals surface area contributed by atoms with Crippen molar-refractivity contribution in [3.8, 4) is 0 Å². The van der Waals surface area contributed by atoms with E-state index in [1.165, 1.54) is 16.4 Å². The van der Waals surface area contributed by atoms with Crippen LogP contribution in [0, 0.1) is 5.92 Å². The molecule has 3 N–H and O–H groups in total. The Bertz CT molecular complexity index is 1940. The quantitative estimate of drug-likeness (QED) is 0.170. The van der Waals surface area contributed by atoms with Crippen LogP contribution in [0.1, 0.15) is 81.0 Å². The Kier molecular flexibility index (Phi) is 11.0. The Hall–Kier alpha value is -4.90. The van der Waals surface area contributed by atoms with Crippen molar-refractivity contribution in [1.29, 1.82) is 0 Å². The summed E-state index contributed by atoms with van der Waals surface area (Å²) in [5.74, 6) is 0.108. The van der Waals surface area contributed by atoms with E-state index >= 15 is 0 Å². The van der Waals surface area contributed by atoms with Gasteiger partial charge in [-0.15, -0.1) is 0 Å². The lowest BCUT2D eigenvalue weighted by atomic mass is 9.83. The van der Waals surface area contributed by atoms with Gasteiger partial charge in [-0.2, -0.15) is 9.78 Å². The zero-order chi connectivity index (χ0) is 36.1. The molecule has 1 aliphatic heterocycles. The molecule has 0 unspecified atom stereocenters. The average molecular weight is 706 g/mol. The van der Waals surface area contributed by atoms with E-state index in [0.29, 0.717) is 35.7 Å². The van der Waals surface area contributed by atoms with Gasteiger partial charge in [-0.1, -0.05) is 36.5 Å². The highest BCUT2D eigenvalue weighted by molar-refractivity contribution is 7.99. The molecular formula is C40H47N7O3S. The first-order valence-corrected chi connectivity index (χ1v) is 18.5. The lowest BCUT2D eigenvalue weighted by molar-refractivity contribution is -0.125. The molecule has 51 heavy (non-hydrogen) atoms. The minimum absolute atomic E-state index is 0.0325. The van der Waals surface area contributed by atoms with Crippen LogP contribution in [-0.4, -0.2) is 68.7 Å². The summed E-state index contributed by atoms with van der Waals surface area (Å²) in [6.45, 7) is 11.2. The van der Waals surface area contributed by atoms with Crippen LogP contribution < -0.4 is 16.0 Å². The van der Waals surface area contributed by atoms with Crippen molar-refractivity contribution in [1.82, 2.24) is 35.6 Å². The van der Waals surface area contributed by atoms with Crippen LogP contribution in [0.2, 0.25) is 0 Å². The molecule has 10 nitrogen and oxygen atoms in total. The molecular weight excluding hydrogens is 659 g/mol. The smallest absolute Gasteiger partial charge is 0.345 e. The fourth-order valence-electron chi connectivity index (χ4n) is 6.95. The maximum absolute atomic E-state index is 14.4. The average Bonchev–Trinajstić information content (AvgIpc) is 3.76. The minimum atomic E-state index is -0.573. The van der Waals surface area contributed by atoms with Crippen molar-refractivity contribution in [2.45, 2.75) is 86.7 Å². The normalized spacial score (nSPS) is 19.3. The van der Waals surface area contributed by atoms with Crippen LogP contribution in [-0.2, 0) is 4.79 Å². The highest BCUT2D eigenvalue weighted by Crippen LogP contribution is 2.35. The predicted molar refractivity (Wildman–Crippen MR) is 203 cm³/mol. The van der Waals surface area contributed by atoms with Gasteiger partial charge in [0.2, 0.25) is 5.91 Å². The Morgan fingerprint density at radius 3 is 2.45 bits per heavy atom. The van der Waals surface area contributed by atoms with E-state index in [1.807, 2.05) is 66.7 Å². The van der Waals surface area contributed by atoms with Gasteiger partial charge in [0.05, 0.1) is 22.5 Å². The molecule has 4 aromatic rings. The van der Waals surface area contributed by atoms with E-state index in [-0.39, 0.29) is 29.4 Å². The number of nitrogens with one attached hydrogen (secondary N) is 3. The van der Waals surface area contributed by atoms with E-state index in [4.69, 9.17) is 5.10 Å². The summed E-state index contributed by atoms with van der Waals surface area (Å²) < 4.78 is 1.42. The number of pyridine rings is 1. The summed E-state index contributed by atoms with van der Waals surface area (Å²) >= 11 is 1.45. The SMILES string of the molecule is C=C(NC(C)(C)C)C1CCC(NC(=O)[C@@H]2CCCN2C(=O)n2nc(/C=C/c3ccccn3)c3ccc(Sc4ccccc4C(=O)NC)cc32)CC1. The lowest BCUT2D eigenvalue weighted by Crippen LogP contribution is -2.50. The third-order valence-corrected chi connectivity index (χ3v) is 10.5. The molecule has 1 saturated carbocycles. The molecule has 2 aromatic heterocycles. The fraction of sp³-hybridized carbons (Fsp3) is 0.375. The molecule has 3 amide bonds. The molecule has 0 radical (unpaired) electrons. The number of hydrogen-bond donors (Lipinski definition) is 3. The molecule has 1 atom stereocenters. The van der Waals surface area contributed by atoms with Crippen LogP contribution in [0.3, 0.4) is 0 Å². The number of carbonyl (C=O) groups is 3. The van der Waals surface area contributed by atoms with Gasteiger partial charge in [-0.25, -0.2) is 4.79 Å². The Labute approximate surface area is 304 Å². The number of benzene rings is 2. The summed E-state index contributed by atoms with van der Waals surface area (Å²) in [6.07, 6.45) is 10.5. The van der Waals surface area contributed by atoms with E-state index in [9.17, 15) is 14.4 Å². The van der Waals surface area contributed by atoms with Gasteiger partial charge in [-0.05, 0) is 120 Å². The first kappa shape index (κ1) is 35.9. The van der Waals surface area contributed by atoms with Gasteiger partial charge in [0.1, 0.15) is 6.04 Å². The van der Waals surface area contributed by atoms with Crippen LogP contribution >= 0.6 is 11.8 Å². The Morgan fingerprint density at radius 2 is 1.73 bits per heavy atom. The second kappa shape index (κ2) is 15.6. The van der Waals surface area contributed by atoms with Crippen LogP contribution in [0.25, 0.3) is 23.1 Å². The zero-order valence-electron chi connectivity index (χ0n) is 29.8. The maximum Gasteiger partial charge on any atom is 0.345 e. The minimum Gasteiger partial charge on any atom is -0.384 e. The van der Waals surface area contributed by atoms with Gasteiger partial charge in [0.25, 0.3) is 5.91 Å². The molecule has 6 rings (SSSR count). The number of likely N-dealkylation sites (tertiary alicyclic amines) is 1. The number of nitrogens with zero attached hydrogens (tertiary/aromatic N) is 4. The highest BCUT2D eigenvalue weighted by atomic mass is 32.2. The first-order chi connectivity index (χ1) is 24.5. The van der Waals surface area contributed by atoms with Gasteiger partial charge in [0, 0.05) is 52.2 Å². The molecule has 0 bridgehead atoms. The van der Waals surface area contributed by atoms with E-state index in [2.05, 4.69) is 48.3 Å². The second-order valence-electron chi connectivity index (χ2n) is 14.3. The number of fused-ring (bicyclic) bond motifs is 1. The van der Waals surface area contributed by atoms with Crippen molar-refractivity contribution in [3.63, 3.8) is 0 Å². The third kappa shape index (κ3) is 8.53. The topological polar surface area (TPSA) is 121 Å². The Balaban J connectivity index is 1.24. The predicted octanol–water partition coefficient (Wildman–Crippen LogP) is 7.12. The molecule has 2 aliphatic rings. The zero-order valence-corrected chi connectivity index (χ0v) is 30.6. The monoisotopic (exact) mass is 705 g/mol. The number of amides is 3. The van der Waals surface area contributed by atoms with Gasteiger partial charge < -0.3 is 20.9 Å². The largest absolute Gasteiger partial charge is 0.384 e. The number of rotatable bonds is 9. The molecule has 1 aliphatic carbocycles. The summed E-state index contributed by atoms with van der Waals surface area (Å²) in [4.78, 5) is 48.4. The Morgan fingerprint density at radius 1 is 0.961 bits per heavy atom. The lowest BCUT2D eigenvalue weighted by Gasteiger charge is -2.34. The maximum atomic E-state index is 14.4. The second-order valence-corrected chi connectivity index (χ2v) is 15.4. The molecule has 2 fully saturated rings. The molecule has 266 valence electrons. The van der Waals surface area contributed by atoms with Crippen molar-refractivity contribution >= 4 is 52.7 Å². The number of carbonyl (C=O) groups excluding carboxylic acids is 3. The van der Waals surface area contributed by atoms with Gasteiger partial charge in [0.15, 0.2) is 0 Å². The number of hydrogen-bond acceptors (Lipinski definition) is 7. The molecule has 2 aromatic carbocycles. The highest BCUT2D eigenvalue weighted by Gasteiger charge is 2.37. The van der Waals surface area contributed by atoms with Crippen molar-refractivity contribution < 1.29 is 14.4 Å². The third-order valence-electron chi connectivity index (χ3n) is 9.45. The van der Waals surface area contributed by atoms with Crippen molar-refractivity contribution in [2.75, 3.05) is 13.6 Å². The molecule has 1 saturated heterocycles. The number of aromatic nitrogens is 3. The van der Waals surface area contributed by atoms with E-state index in [0.717, 1.165) is 58.7 Å². The first-order valence-electron chi connectivity index (χ1n) is 17.7. The van der Waals surface area contributed by atoms with Gasteiger partial charge in [-0.3, -0.25) is 14.6 Å². The van der Waals surface area contributed by atoms with Gasteiger partial charge >= 0.3 is 6.03 Å². The van der Waals surface area contributed by atoms with E-state index in [1.54, 1.807) is 24.2 Å². The molecule has 0 spiro atoms. The molecule has 3 heterocycles. The fourth-order valence-corrected chi connectivity index (χ4v) is 7.93. The summed E-state index contributed by atoms with van der Waals surface area (Å²) in [5, 5.41) is 15.1. The van der Waals surface area contributed by atoms with Crippen LogP contribution in [0.5, 0.6) is 0 Å².